The highest BCUT2D eigenvalue weighted by Gasteiger charge is 2.43. The van der Waals surface area contributed by atoms with Crippen LogP contribution in [0.15, 0.2) is 36.5 Å². The Bertz CT molecular complexity index is 816. The Labute approximate surface area is 160 Å². The molecule has 0 saturated carbocycles. The third kappa shape index (κ3) is 3.35. The van der Waals surface area contributed by atoms with Crippen LogP contribution in [0.3, 0.4) is 0 Å². The molecule has 1 amide bonds. The highest BCUT2D eigenvalue weighted by atomic mass is 16.5. The number of benzene rings is 1. The van der Waals surface area contributed by atoms with E-state index in [1.165, 1.54) is 5.56 Å². The summed E-state index contributed by atoms with van der Waals surface area (Å²) in [5, 5.41) is 2.74. The summed E-state index contributed by atoms with van der Waals surface area (Å²) in [6.45, 7) is 4.30. The molecule has 1 unspecified atom stereocenters. The minimum Gasteiger partial charge on any atom is -0.368 e. The lowest BCUT2D eigenvalue weighted by Crippen LogP contribution is -2.52. The summed E-state index contributed by atoms with van der Waals surface area (Å²) in [6, 6.07) is 9.94. The molecule has 142 valence electrons. The third-order valence-corrected chi connectivity index (χ3v) is 5.86. The lowest BCUT2D eigenvalue weighted by atomic mass is 9.82. The quantitative estimate of drug-likeness (QED) is 0.901. The van der Waals surface area contributed by atoms with Crippen LogP contribution in [-0.2, 0) is 21.6 Å². The van der Waals surface area contributed by atoms with Crippen molar-refractivity contribution in [1.29, 1.82) is 0 Å². The molecule has 3 heterocycles. The van der Waals surface area contributed by atoms with Crippen LogP contribution in [0, 0.1) is 0 Å². The van der Waals surface area contributed by atoms with Crippen molar-refractivity contribution in [3.8, 4) is 11.4 Å². The van der Waals surface area contributed by atoms with Gasteiger partial charge in [-0.15, -0.1) is 0 Å². The van der Waals surface area contributed by atoms with Crippen LogP contribution >= 0.6 is 0 Å². The van der Waals surface area contributed by atoms with Crippen molar-refractivity contribution >= 4 is 5.91 Å². The number of likely N-dealkylation sites (tertiary alicyclic amines) is 1. The van der Waals surface area contributed by atoms with Crippen molar-refractivity contribution in [2.75, 3.05) is 26.7 Å². The zero-order chi connectivity index (χ0) is 18.9. The van der Waals surface area contributed by atoms with Crippen molar-refractivity contribution in [1.82, 2.24) is 20.2 Å². The van der Waals surface area contributed by atoms with E-state index in [4.69, 9.17) is 9.72 Å². The SMILES string of the molecule is CNC(=O)C(C)N1CCC2(CC1)OCCc1cnc(-c3ccccc3)nc12. The van der Waals surface area contributed by atoms with Crippen LogP contribution in [0.2, 0.25) is 0 Å². The van der Waals surface area contributed by atoms with E-state index in [1.54, 1.807) is 7.05 Å². The molecule has 0 aliphatic carbocycles. The highest BCUT2D eigenvalue weighted by molar-refractivity contribution is 5.80. The topological polar surface area (TPSA) is 67.4 Å². The van der Waals surface area contributed by atoms with Crippen LogP contribution in [0.5, 0.6) is 0 Å². The molecule has 2 aliphatic rings. The molecule has 27 heavy (non-hydrogen) atoms. The Morgan fingerprint density at radius 3 is 2.70 bits per heavy atom. The van der Waals surface area contributed by atoms with Crippen molar-refractivity contribution < 1.29 is 9.53 Å². The first-order valence-corrected chi connectivity index (χ1v) is 9.64. The van der Waals surface area contributed by atoms with E-state index < -0.39 is 0 Å². The van der Waals surface area contributed by atoms with Gasteiger partial charge in [0.2, 0.25) is 5.91 Å². The zero-order valence-electron chi connectivity index (χ0n) is 15.9. The number of carbonyl (C=O) groups is 1. The minimum absolute atomic E-state index is 0.0598. The number of aromatic nitrogens is 2. The van der Waals surface area contributed by atoms with E-state index in [0.29, 0.717) is 6.61 Å². The molecule has 1 saturated heterocycles. The van der Waals surface area contributed by atoms with Crippen molar-refractivity contribution in [2.24, 2.45) is 0 Å². The van der Waals surface area contributed by atoms with Crippen molar-refractivity contribution in [2.45, 2.75) is 37.8 Å². The number of amides is 1. The number of hydrogen-bond donors (Lipinski definition) is 1. The fourth-order valence-electron chi connectivity index (χ4n) is 4.16. The molecule has 6 nitrogen and oxygen atoms in total. The van der Waals surface area contributed by atoms with Gasteiger partial charge < -0.3 is 10.1 Å². The smallest absolute Gasteiger partial charge is 0.236 e. The summed E-state index contributed by atoms with van der Waals surface area (Å²) in [6.07, 6.45) is 4.50. The van der Waals surface area contributed by atoms with Gasteiger partial charge in [0.15, 0.2) is 5.82 Å². The van der Waals surface area contributed by atoms with E-state index in [-0.39, 0.29) is 17.6 Å². The van der Waals surface area contributed by atoms with Crippen LogP contribution in [-0.4, -0.2) is 53.6 Å². The Morgan fingerprint density at radius 1 is 1.26 bits per heavy atom. The van der Waals surface area contributed by atoms with E-state index >= 15 is 0 Å². The number of fused-ring (bicyclic) bond motifs is 2. The Balaban J connectivity index is 1.61. The molecule has 0 bridgehead atoms. The molecule has 1 fully saturated rings. The van der Waals surface area contributed by atoms with Gasteiger partial charge in [-0.2, -0.15) is 0 Å². The van der Waals surface area contributed by atoms with E-state index in [2.05, 4.69) is 15.2 Å². The summed E-state index contributed by atoms with van der Waals surface area (Å²) in [5.41, 5.74) is 2.88. The summed E-state index contributed by atoms with van der Waals surface area (Å²) in [5.74, 6) is 0.810. The van der Waals surface area contributed by atoms with Crippen molar-refractivity contribution in [3.63, 3.8) is 0 Å². The molecule has 4 rings (SSSR count). The summed E-state index contributed by atoms with van der Waals surface area (Å²) in [7, 11) is 1.69. The largest absolute Gasteiger partial charge is 0.368 e. The van der Waals surface area contributed by atoms with Crippen molar-refractivity contribution in [3.05, 3.63) is 47.8 Å². The number of nitrogens with one attached hydrogen (secondary N) is 1. The van der Waals surface area contributed by atoms with Gasteiger partial charge in [-0.05, 0) is 31.7 Å². The van der Waals surface area contributed by atoms with Gasteiger partial charge in [-0.1, -0.05) is 30.3 Å². The molecule has 2 aromatic rings. The first kappa shape index (κ1) is 18.1. The molecular formula is C21H26N4O2. The van der Waals surface area contributed by atoms with Gasteiger partial charge in [-0.3, -0.25) is 9.69 Å². The molecule has 1 atom stereocenters. The third-order valence-electron chi connectivity index (χ3n) is 5.86. The number of rotatable bonds is 3. The molecule has 1 aromatic carbocycles. The zero-order valence-corrected chi connectivity index (χ0v) is 15.9. The highest BCUT2D eigenvalue weighted by Crippen LogP contribution is 2.41. The fourth-order valence-corrected chi connectivity index (χ4v) is 4.16. The number of hydrogen-bond acceptors (Lipinski definition) is 5. The maximum atomic E-state index is 12.0. The second kappa shape index (κ2) is 7.37. The van der Waals surface area contributed by atoms with Gasteiger partial charge in [0.1, 0.15) is 5.60 Å². The minimum atomic E-state index is -0.362. The van der Waals surface area contributed by atoms with E-state index in [0.717, 1.165) is 49.4 Å². The van der Waals surface area contributed by atoms with E-state index in [9.17, 15) is 4.79 Å². The van der Waals surface area contributed by atoms with Crippen LogP contribution in [0.25, 0.3) is 11.4 Å². The van der Waals surface area contributed by atoms with E-state index in [1.807, 2.05) is 43.5 Å². The number of piperidine rings is 1. The van der Waals surface area contributed by atoms with Crippen LogP contribution in [0.4, 0.5) is 0 Å². The average Bonchev–Trinajstić information content (AvgIpc) is 2.74. The normalized spacial score (nSPS) is 20.1. The molecular weight excluding hydrogens is 340 g/mol. The van der Waals surface area contributed by atoms with Crippen LogP contribution in [0.1, 0.15) is 31.0 Å². The first-order valence-electron chi connectivity index (χ1n) is 9.64. The van der Waals surface area contributed by atoms with Gasteiger partial charge in [-0.25, -0.2) is 9.97 Å². The monoisotopic (exact) mass is 366 g/mol. The second-order valence-corrected chi connectivity index (χ2v) is 7.35. The fraction of sp³-hybridized carbons (Fsp3) is 0.476. The molecule has 1 spiro atoms. The molecule has 6 heteroatoms. The van der Waals surface area contributed by atoms with Gasteiger partial charge in [0, 0.05) is 31.9 Å². The number of carbonyl (C=O) groups excluding carboxylic acids is 1. The van der Waals surface area contributed by atoms with Gasteiger partial charge in [0.25, 0.3) is 0 Å². The average molecular weight is 366 g/mol. The number of ether oxygens (including phenoxy) is 1. The Hall–Kier alpha value is -2.31. The summed E-state index contributed by atoms with van der Waals surface area (Å²) < 4.78 is 6.32. The Kier molecular flexibility index (Phi) is 4.93. The molecule has 2 aliphatic heterocycles. The Morgan fingerprint density at radius 2 is 2.00 bits per heavy atom. The number of nitrogens with zero attached hydrogens (tertiary/aromatic N) is 3. The molecule has 1 aromatic heterocycles. The van der Waals surface area contributed by atoms with Gasteiger partial charge in [0.05, 0.1) is 18.3 Å². The predicted octanol–water partition coefficient (Wildman–Crippen LogP) is 2.14. The second-order valence-electron chi connectivity index (χ2n) is 7.35. The maximum absolute atomic E-state index is 12.0. The maximum Gasteiger partial charge on any atom is 0.236 e. The number of likely N-dealkylation sites (N-methyl/N-ethyl adjacent to an activating group) is 1. The summed E-state index contributed by atoms with van der Waals surface area (Å²) >= 11 is 0. The summed E-state index contributed by atoms with van der Waals surface area (Å²) in [4.78, 5) is 23.7. The predicted molar refractivity (Wildman–Crippen MR) is 103 cm³/mol. The van der Waals surface area contributed by atoms with Crippen LogP contribution < -0.4 is 5.32 Å². The lowest BCUT2D eigenvalue weighted by molar-refractivity contribution is -0.131. The van der Waals surface area contributed by atoms with Gasteiger partial charge >= 0.3 is 0 Å². The molecule has 0 radical (unpaired) electrons. The first-order chi connectivity index (χ1) is 13.1. The lowest BCUT2D eigenvalue weighted by Gasteiger charge is -2.45. The molecule has 1 N–H and O–H groups in total. The standard InChI is InChI=1S/C21H26N4O2/c1-15(20(26)22-2)25-11-9-21(10-12-25)18-17(8-13-27-21)14-23-19(24-18)16-6-4-3-5-7-16/h3-7,14-15H,8-13H2,1-2H3,(H,22,26).